The van der Waals surface area contributed by atoms with E-state index in [1.807, 2.05) is 9.58 Å². The average molecular weight is 375 g/mol. The number of quaternary nitrogens is 1. The molecule has 146 valence electrons. The number of hydrogen-bond acceptors (Lipinski definition) is 6. The molecule has 0 spiro atoms. The fourth-order valence-corrected chi connectivity index (χ4v) is 4.13. The van der Waals surface area contributed by atoms with Crippen molar-refractivity contribution in [3.05, 3.63) is 30.0 Å². The third-order valence-corrected chi connectivity index (χ3v) is 5.60. The lowest BCUT2D eigenvalue weighted by Gasteiger charge is -2.35. The first-order chi connectivity index (χ1) is 13.3. The fourth-order valence-electron chi connectivity index (χ4n) is 4.13. The van der Waals surface area contributed by atoms with Gasteiger partial charge in [0.1, 0.15) is 6.04 Å². The lowest BCUT2D eigenvalue weighted by molar-refractivity contribution is -0.936. The molecule has 2 saturated heterocycles. The summed E-state index contributed by atoms with van der Waals surface area (Å²) in [5.41, 5.74) is 0. The lowest BCUT2D eigenvalue weighted by Crippen LogP contribution is -3.15. The lowest BCUT2D eigenvalue weighted by atomic mass is 10.1. The topological polar surface area (TPSA) is 90.7 Å². The zero-order valence-electron chi connectivity index (χ0n) is 15.7. The van der Waals surface area contributed by atoms with E-state index >= 15 is 0 Å². The number of hydrogen-bond donors (Lipinski definition) is 1. The molecule has 2 aromatic rings. The average Bonchev–Trinajstić information content (AvgIpc) is 3.46. The van der Waals surface area contributed by atoms with Crippen LogP contribution in [0.5, 0.6) is 0 Å². The predicted molar refractivity (Wildman–Crippen MR) is 95.1 cm³/mol. The summed E-state index contributed by atoms with van der Waals surface area (Å²) in [6.07, 6.45) is 4.87. The van der Waals surface area contributed by atoms with Gasteiger partial charge in [0.2, 0.25) is 5.82 Å². The Balaban J connectivity index is 1.39. The molecule has 2 aliphatic rings. The van der Waals surface area contributed by atoms with Crippen LogP contribution >= 0.6 is 0 Å². The van der Waals surface area contributed by atoms with Gasteiger partial charge < -0.3 is 19.0 Å². The highest BCUT2D eigenvalue weighted by Gasteiger charge is 2.34. The molecule has 0 radical (unpaired) electrons. The van der Waals surface area contributed by atoms with Gasteiger partial charge in [-0.3, -0.25) is 4.79 Å². The van der Waals surface area contributed by atoms with Gasteiger partial charge in [0.25, 0.3) is 5.91 Å². The molecule has 1 amide bonds. The van der Waals surface area contributed by atoms with E-state index in [0.29, 0.717) is 18.8 Å². The summed E-state index contributed by atoms with van der Waals surface area (Å²) in [5, 5.41) is 12.5. The molecule has 4 heterocycles. The van der Waals surface area contributed by atoms with Gasteiger partial charge in [-0.25, -0.2) is 4.68 Å². The molecule has 0 bridgehead atoms. The first-order valence-corrected chi connectivity index (χ1v) is 9.81. The Morgan fingerprint density at radius 2 is 2.26 bits per heavy atom. The number of amides is 1. The highest BCUT2D eigenvalue weighted by atomic mass is 16.5. The molecule has 0 unspecified atom stereocenters. The quantitative estimate of drug-likeness (QED) is 0.761. The number of nitrogens with zero attached hydrogens (tertiary/aromatic N) is 5. The number of furan rings is 1. The van der Waals surface area contributed by atoms with Gasteiger partial charge in [0, 0.05) is 13.0 Å². The van der Waals surface area contributed by atoms with E-state index in [2.05, 4.69) is 22.4 Å². The molecule has 0 aromatic carbocycles. The van der Waals surface area contributed by atoms with Crippen molar-refractivity contribution in [2.24, 2.45) is 0 Å². The first-order valence-electron chi connectivity index (χ1n) is 9.81. The number of carbonyl (C=O) groups excluding carboxylic acids is 1. The van der Waals surface area contributed by atoms with Gasteiger partial charge in [-0.1, -0.05) is 6.92 Å². The van der Waals surface area contributed by atoms with Crippen molar-refractivity contribution in [3.63, 3.8) is 0 Å². The van der Waals surface area contributed by atoms with Crippen LogP contribution < -0.4 is 4.90 Å². The fraction of sp³-hybridized carbons (Fsp3) is 0.667. The Labute approximate surface area is 158 Å². The van der Waals surface area contributed by atoms with E-state index in [0.717, 1.165) is 51.3 Å². The zero-order chi connectivity index (χ0) is 18.6. The second kappa shape index (κ2) is 8.18. The van der Waals surface area contributed by atoms with Crippen molar-refractivity contribution in [3.8, 4) is 0 Å². The number of carbonyl (C=O) groups is 1. The van der Waals surface area contributed by atoms with Gasteiger partial charge in [-0.05, 0) is 35.4 Å². The maximum absolute atomic E-state index is 12.5. The summed E-state index contributed by atoms with van der Waals surface area (Å²) in [6, 6.07) is 3.69. The summed E-state index contributed by atoms with van der Waals surface area (Å²) < 4.78 is 12.9. The van der Waals surface area contributed by atoms with Crippen LogP contribution in [0.2, 0.25) is 0 Å². The number of piperazine rings is 1. The van der Waals surface area contributed by atoms with E-state index in [1.54, 1.807) is 12.1 Å². The van der Waals surface area contributed by atoms with Gasteiger partial charge in [-0.2, -0.15) is 0 Å². The van der Waals surface area contributed by atoms with Crippen molar-refractivity contribution >= 4 is 5.91 Å². The summed E-state index contributed by atoms with van der Waals surface area (Å²) in [5.74, 6) is 1.30. The summed E-state index contributed by atoms with van der Waals surface area (Å²) in [6.45, 7) is 6.88. The number of nitrogens with one attached hydrogen (secondary N) is 1. The van der Waals surface area contributed by atoms with E-state index < -0.39 is 0 Å². The molecule has 27 heavy (non-hydrogen) atoms. The van der Waals surface area contributed by atoms with Crippen LogP contribution in [-0.2, 0) is 11.3 Å². The number of rotatable bonds is 6. The molecule has 1 N–H and O–H groups in total. The molecular weight excluding hydrogens is 348 g/mol. The minimum atomic E-state index is -0.0321. The summed E-state index contributed by atoms with van der Waals surface area (Å²) in [4.78, 5) is 15.7. The van der Waals surface area contributed by atoms with Gasteiger partial charge >= 0.3 is 0 Å². The number of tetrazole rings is 1. The van der Waals surface area contributed by atoms with E-state index in [1.165, 1.54) is 11.2 Å². The second-order valence-corrected chi connectivity index (χ2v) is 7.24. The minimum absolute atomic E-state index is 0.0321. The highest BCUT2D eigenvalue weighted by Crippen LogP contribution is 2.17. The zero-order valence-corrected chi connectivity index (χ0v) is 15.7. The Hall–Kier alpha value is -2.26. The second-order valence-electron chi connectivity index (χ2n) is 7.24. The standard InChI is InChI=1S/C18H26N6O3/c1-2-15(17-19-20-21-24(17)13-14-5-3-11-26-14)22-7-9-23(10-8-22)18(25)16-6-4-12-27-16/h4,6,12,14-15H,2-3,5,7-11,13H2,1H3/p+1/t14-,15-/m0/s1. The normalized spacial score (nSPS) is 22.3. The molecular formula is C18H27N6O3+. The largest absolute Gasteiger partial charge is 0.459 e. The van der Waals surface area contributed by atoms with Crippen LogP contribution in [0.25, 0.3) is 0 Å². The monoisotopic (exact) mass is 375 g/mol. The molecule has 2 atom stereocenters. The first kappa shape index (κ1) is 18.1. The van der Waals surface area contributed by atoms with Crippen molar-refractivity contribution in [1.82, 2.24) is 25.1 Å². The summed E-state index contributed by atoms with van der Waals surface area (Å²) >= 11 is 0. The SMILES string of the molecule is CC[C@@H](c1nnnn1C[C@@H]1CCCO1)[NH+]1CCN(C(=O)c2ccco2)CC1. The van der Waals surface area contributed by atoms with Crippen LogP contribution in [0.1, 0.15) is 48.6 Å². The molecule has 9 heteroatoms. The van der Waals surface area contributed by atoms with Crippen molar-refractivity contribution in [2.45, 2.75) is 44.9 Å². The van der Waals surface area contributed by atoms with Crippen molar-refractivity contribution < 1.29 is 18.8 Å². The molecule has 2 aromatic heterocycles. The third-order valence-electron chi connectivity index (χ3n) is 5.60. The third kappa shape index (κ3) is 3.89. The Kier molecular flexibility index (Phi) is 5.49. The molecule has 0 aliphatic carbocycles. The molecule has 2 fully saturated rings. The number of aromatic nitrogens is 4. The van der Waals surface area contributed by atoms with Crippen LogP contribution in [0.3, 0.4) is 0 Å². The van der Waals surface area contributed by atoms with Crippen molar-refractivity contribution in [2.75, 3.05) is 32.8 Å². The minimum Gasteiger partial charge on any atom is -0.459 e. The molecule has 2 aliphatic heterocycles. The van der Waals surface area contributed by atoms with Crippen molar-refractivity contribution in [1.29, 1.82) is 0 Å². The van der Waals surface area contributed by atoms with Crippen LogP contribution in [0.15, 0.2) is 22.8 Å². The predicted octanol–water partition coefficient (Wildman–Crippen LogP) is -0.0629. The smallest absolute Gasteiger partial charge is 0.289 e. The van der Waals surface area contributed by atoms with Crippen LogP contribution in [0.4, 0.5) is 0 Å². The summed E-state index contributed by atoms with van der Waals surface area (Å²) in [7, 11) is 0. The van der Waals surface area contributed by atoms with Crippen LogP contribution in [-0.4, -0.2) is 69.9 Å². The molecule has 9 nitrogen and oxygen atoms in total. The Morgan fingerprint density at radius 1 is 1.41 bits per heavy atom. The molecule has 4 rings (SSSR count). The van der Waals surface area contributed by atoms with Gasteiger partial charge in [-0.15, -0.1) is 5.10 Å². The number of ether oxygens (including phenoxy) is 1. The Morgan fingerprint density at radius 3 is 2.93 bits per heavy atom. The highest BCUT2D eigenvalue weighted by molar-refractivity contribution is 5.91. The van der Waals surface area contributed by atoms with Crippen LogP contribution in [0, 0.1) is 0 Å². The van der Waals surface area contributed by atoms with Gasteiger partial charge in [0.15, 0.2) is 5.76 Å². The maximum Gasteiger partial charge on any atom is 0.289 e. The Bertz CT molecular complexity index is 732. The van der Waals surface area contributed by atoms with E-state index in [4.69, 9.17) is 9.15 Å². The molecule has 0 saturated carbocycles. The van der Waals surface area contributed by atoms with E-state index in [9.17, 15) is 4.79 Å². The van der Waals surface area contributed by atoms with Gasteiger partial charge in [0.05, 0.1) is 45.1 Å². The maximum atomic E-state index is 12.5. The van der Waals surface area contributed by atoms with E-state index in [-0.39, 0.29) is 18.1 Å².